The number of thioether (sulfide) groups is 1. The lowest BCUT2D eigenvalue weighted by Gasteiger charge is -2.30. The predicted octanol–water partition coefficient (Wildman–Crippen LogP) is 4.65. The molecule has 2 heterocycles. The van der Waals surface area contributed by atoms with Crippen LogP contribution in [0.15, 0.2) is 65.7 Å². The second-order valence-electron chi connectivity index (χ2n) is 8.28. The molecule has 0 aliphatic carbocycles. The van der Waals surface area contributed by atoms with Crippen molar-refractivity contribution >= 4 is 40.2 Å². The molecule has 0 saturated carbocycles. The van der Waals surface area contributed by atoms with Crippen LogP contribution in [0.5, 0.6) is 0 Å². The minimum absolute atomic E-state index is 0.0477. The van der Waals surface area contributed by atoms with Gasteiger partial charge in [0.05, 0.1) is 5.75 Å². The number of benzene rings is 2. The molecule has 1 aromatic heterocycles. The van der Waals surface area contributed by atoms with Crippen molar-refractivity contribution in [3.63, 3.8) is 0 Å². The Bertz CT molecular complexity index is 1060. The third-order valence-corrected chi connectivity index (χ3v) is 7.09. The van der Waals surface area contributed by atoms with E-state index in [-0.39, 0.29) is 11.8 Å². The highest BCUT2D eigenvalue weighted by Gasteiger charge is 2.21. The van der Waals surface area contributed by atoms with Gasteiger partial charge in [-0.15, -0.1) is 11.8 Å². The monoisotopic (exact) mass is 435 g/mol. The molecule has 0 spiro atoms. The lowest BCUT2D eigenvalue weighted by molar-refractivity contribution is -0.133. The minimum atomic E-state index is 0.0477. The van der Waals surface area contributed by atoms with Crippen LogP contribution in [0, 0.1) is 5.92 Å². The molecule has 0 N–H and O–H groups in total. The Morgan fingerprint density at radius 1 is 1.03 bits per heavy atom. The Morgan fingerprint density at radius 2 is 1.71 bits per heavy atom. The zero-order chi connectivity index (χ0) is 21.8. The summed E-state index contributed by atoms with van der Waals surface area (Å²) in [6.45, 7) is 4.29. The summed E-state index contributed by atoms with van der Waals surface area (Å²) in [6.07, 6.45) is 4.18. The van der Waals surface area contributed by atoms with Gasteiger partial charge in [0, 0.05) is 47.8 Å². The van der Waals surface area contributed by atoms with E-state index in [1.54, 1.807) is 11.9 Å². The number of aromatic nitrogens is 1. The van der Waals surface area contributed by atoms with Crippen molar-refractivity contribution in [2.45, 2.75) is 31.2 Å². The summed E-state index contributed by atoms with van der Waals surface area (Å²) in [5.74, 6) is 1.26. The van der Waals surface area contributed by atoms with Crippen molar-refractivity contribution in [3.05, 3.63) is 60.8 Å². The quantitative estimate of drug-likeness (QED) is 0.529. The summed E-state index contributed by atoms with van der Waals surface area (Å²) in [7, 11) is 1.81. The number of nitrogens with zero attached hydrogens (tertiary/aromatic N) is 3. The Hall–Kier alpha value is -2.73. The first-order valence-corrected chi connectivity index (χ1v) is 11.8. The first kappa shape index (κ1) is 21.5. The molecular formula is C25H29N3O2S. The van der Waals surface area contributed by atoms with Gasteiger partial charge in [-0.2, -0.15) is 0 Å². The maximum Gasteiger partial charge on any atom is 0.242 e. The number of carbonyl (C=O) groups is 2. The number of fused-ring (bicyclic) bond motifs is 1. The van der Waals surface area contributed by atoms with Crippen molar-refractivity contribution in [3.8, 4) is 0 Å². The van der Waals surface area contributed by atoms with Gasteiger partial charge < -0.3 is 14.4 Å². The summed E-state index contributed by atoms with van der Waals surface area (Å²) in [5.41, 5.74) is 1.92. The smallest absolute Gasteiger partial charge is 0.242 e. The molecule has 1 aliphatic rings. The minimum Gasteiger partial charge on any atom is -0.341 e. The van der Waals surface area contributed by atoms with Crippen molar-refractivity contribution in [1.29, 1.82) is 0 Å². The zero-order valence-electron chi connectivity index (χ0n) is 18.2. The molecule has 6 heteroatoms. The van der Waals surface area contributed by atoms with E-state index in [9.17, 15) is 9.59 Å². The van der Waals surface area contributed by atoms with Gasteiger partial charge in [0.25, 0.3) is 0 Å². The van der Waals surface area contributed by atoms with Crippen LogP contribution in [0.4, 0.5) is 5.69 Å². The van der Waals surface area contributed by atoms with Crippen molar-refractivity contribution in [2.75, 3.05) is 30.8 Å². The summed E-state index contributed by atoms with van der Waals surface area (Å²) in [6, 6.07) is 17.8. The van der Waals surface area contributed by atoms with Crippen LogP contribution in [-0.4, -0.2) is 47.2 Å². The topological polar surface area (TPSA) is 45.6 Å². The Kier molecular flexibility index (Phi) is 6.66. The van der Waals surface area contributed by atoms with E-state index in [4.69, 9.17) is 0 Å². The number of hydrogen-bond acceptors (Lipinski definition) is 3. The molecular weight excluding hydrogens is 406 g/mol. The lowest BCUT2D eigenvalue weighted by atomic mass is 9.99. The Morgan fingerprint density at radius 3 is 2.45 bits per heavy atom. The second-order valence-corrected chi connectivity index (χ2v) is 9.30. The molecule has 0 atom stereocenters. The van der Waals surface area contributed by atoms with Crippen LogP contribution >= 0.6 is 11.8 Å². The van der Waals surface area contributed by atoms with Crippen molar-refractivity contribution in [1.82, 2.24) is 9.47 Å². The standard InChI is InChI=1S/C25H29N3O2S/c1-19-12-14-27(15-13-19)24(29)17-28-16-23(21-10-6-7-11-22(21)28)31-18-25(30)26(2)20-8-4-3-5-9-20/h3-11,16,19H,12-15,17-18H2,1-2H3. The molecule has 31 heavy (non-hydrogen) atoms. The number of likely N-dealkylation sites (tertiary alicyclic amines) is 1. The molecule has 0 radical (unpaired) electrons. The van der Waals surface area contributed by atoms with Gasteiger partial charge in [-0.25, -0.2) is 0 Å². The number of anilines is 1. The van der Waals surface area contributed by atoms with E-state index < -0.39 is 0 Å². The number of piperidine rings is 1. The fourth-order valence-corrected chi connectivity index (χ4v) is 5.00. The fourth-order valence-electron chi connectivity index (χ4n) is 3.99. The van der Waals surface area contributed by atoms with E-state index in [0.717, 1.165) is 47.4 Å². The first-order chi connectivity index (χ1) is 15.0. The number of amides is 2. The molecule has 1 fully saturated rings. The highest BCUT2D eigenvalue weighted by atomic mass is 32.2. The highest BCUT2D eigenvalue weighted by Crippen LogP contribution is 2.31. The van der Waals surface area contributed by atoms with Gasteiger partial charge in [0.2, 0.25) is 11.8 Å². The Labute approximate surface area is 188 Å². The second kappa shape index (κ2) is 9.60. The average molecular weight is 436 g/mol. The summed E-state index contributed by atoms with van der Waals surface area (Å²) >= 11 is 1.53. The molecule has 0 unspecified atom stereocenters. The third kappa shape index (κ3) is 4.96. The zero-order valence-corrected chi connectivity index (χ0v) is 19.0. The highest BCUT2D eigenvalue weighted by molar-refractivity contribution is 8.00. The molecule has 1 aliphatic heterocycles. The summed E-state index contributed by atoms with van der Waals surface area (Å²) < 4.78 is 2.03. The van der Waals surface area contributed by atoms with Gasteiger partial charge >= 0.3 is 0 Å². The van der Waals surface area contributed by atoms with E-state index in [1.165, 1.54) is 11.8 Å². The third-order valence-electron chi connectivity index (χ3n) is 6.06. The van der Waals surface area contributed by atoms with Gasteiger partial charge in [-0.1, -0.05) is 43.3 Å². The number of rotatable bonds is 6. The summed E-state index contributed by atoms with van der Waals surface area (Å²) in [5, 5.41) is 1.09. The molecule has 0 bridgehead atoms. The Balaban J connectivity index is 1.46. The fraction of sp³-hybridized carbons (Fsp3) is 0.360. The van der Waals surface area contributed by atoms with Crippen LogP contribution in [0.3, 0.4) is 0 Å². The van der Waals surface area contributed by atoms with Crippen molar-refractivity contribution < 1.29 is 9.59 Å². The molecule has 5 nitrogen and oxygen atoms in total. The maximum absolute atomic E-state index is 12.9. The number of hydrogen-bond donors (Lipinski definition) is 0. The van der Waals surface area contributed by atoms with E-state index in [0.29, 0.717) is 18.2 Å². The largest absolute Gasteiger partial charge is 0.341 e. The molecule has 1 saturated heterocycles. The molecule has 162 valence electrons. The van der Waals surface area contributed by atoms with E-state index >= 15 is 0 Å². The van der Waals surface area contributed by atoms with Crippen molar-refractivity contribution in [2.24, 2.45) is 5.92 Å². The SMILES string of the molecule is CC1CCN(C(=O)Cn2cc(SCC(=O)N(C)c3ccccc3)c3ccccc32)CC1. The molecule has 2 aromatic carbocycles. The van der Waals surface area contributed by atoms with Crippen LogP contribution in [0.25, 0.3) is 10.9 Å². The molecule has 2 amide bonds. The average Bonchev–Trinajstić information content (AvgIpc) is 3.15. The van der Waals surface area contributed by atoms with E-state index in [2.05, 4.69) is 13.0 Å². The predicted molar refractivity (Wildman–Crippen MR) is 127 cm³/mol. The maximum atomic E-state index is 12.9. The first-order valence-electron chi connectivity index (χ1n) is 10.8. The van der Waals surface area contributed by atoms with Gasteiger partial charge in [0.15, 0.2) is 0 Å². The number of para-hydroxylation sites is 2. The van der Waals surface area contributed by atoms with Gasteiger partial charge in [-0.3, -0.25) is 9.59 Å². The molecule has 4 rings (SSSR count). The summed E-state index contributed by atoms with van der Waals surface area (Å²) in [4.78, 5) is 30.3. The van der Waals surface area contributed by atoms with Gasteiger partial charge in [0.1, 0.15) is 6.54 Å². The van der Waals surface area contributed by atoms with Crippen LogP contribution in [-0.2, 0) is 16.1 Å². The molecule has 3 aromatic rings. The van der Waals surface area contributed by atoms with E-state index in [1.807, 2.05) is 64.2 Å². The lowest BCUT2D eigenvalue weighted by Crippen LogP contribution is -2.39. The van der Waals surface area contributed by atoms with Crippen LogP contribution in [0.1, 0.15) is 19.8 Å². The van der Waals surface area contributed by atoms with Crippen LogP contribution in [0.2, 0.25) is 0 Å². The van der Waals surface area contributed by atoms with Gasteiger partial charge in [-0.05, 0) is 37.0 Å². The number of carbonyl (C=O) groups excluding carboxylic acids is 2. The van der Waals surface area contributed by atoms with Crippen LogP contribution < -0.4 is 4.90 Å². The normalized spacial score (nSPS) is 14.7.